The number of carbonyl (C=O) groups is 2. The lowest BCUT2D eigenvalue weighted by molar-refractivity contribution is -0.142. The van der Waals surface area contributed by atoms with Crippen LogP contribution in [0, 0.1) is 11.8 Å². The van der Waals surface area contributed by atoms with Crippen LogP contribution in [-0.2, 0) is 33.3 Å². The maximum Gasteiger partial charge on any atom is 0.233 e. The molecule has 5 fully saturated rings. The highest BCUT2D eigenvalue weighted by atomic mass is 16.6. The predicted molar refractivity (Wildman–Crippen MR) is 123 cm³/mol. The molecule has 0 aromatic heterocycles. The Bertz CT molecular complexity index is 832. The fourth-order valence-corrected chi connectivity index (χ4v) is 6.23. The van der Waals surface area contributed by atoms with E-state index in [9.17, 15) is 9.59 Å². The molecule has 1 aliphatic carbocycles. The third-order valence-electron chi connectivity index (χ3n) is 8.98. The van der Waals surface area contributed by atoms with Crippen LogP contribution in [-0.4, -0.2) is 84.3 Å². The van der Waals surface area contributed by atoms with Crippen LogP contribution in [0.2, 0.25) is 0 Å². The van der Waals surface area contributed by atoms with Gasteiger partial charge in [-0.1, -0.05) is 0 Å². The van der Waals surface area contributed by atoms with Crippen molar-refractivity contribution in [1.82, 2.24) is 4.90 Å². The first-order valence-corrected chi connectivity index (χ1v) is 13.0. The van der Waals surface area contributed by atoms with Crippen molar-refractivity contribution in [3.05, 3.63) is 0 Å². The summed E-state index contributed by atoms with van der Waals surface area (Å²) in [7, 11) is 1.64. The molecule has 5 rings (SSSR count). The second-order valence-corrected chi connectivity index (χ2v) is 12.0. The molecule has 5 aliphatic rings. The summed E-state index contributed by atoms with van der Waals surface area (Å²) in [6, 6.07) is 0. The molecule has 4 aliphatic heterocycles. The minimum atomic E-state index is -0.267. The smallest absolute Gasteiger partial charge is 0.233 e. The standard InChI is InChI=1S/C26H41NO7/c1-15(31-14-16(2)30-6)13-27-22(28)17-11-21-26(34-21,12-18(17)23(27)29)10-8-20-25(5,33-20)9-7-19-24(3,4)32-19/h15-21H,7-14H2,1-6H3. The van der Waals surface area contributed by atoms with Gasteiger partial charge in [0.2, 0.25) is 11.8 Å². The van der Waals surface area contributed by atoms with Crippen LogP contribution < -0.4 is 0 Å². The van der Waals surface area contributed by atoms with Gasteiger partial charge in [-0.15, -0.1) is 0 Å². The number of ether oxygens (including phenoxy) is 5. The zero-order valence-corrected chi connectivity index (χ0v) is 21.5. The van der Waals surface area contributed by atoms with Crippen LogP contribution in [0.15, 0.2) is 0 Å². The Kier molecular flexibility index (Phi) is 6.16. The van der Waals surface area contributed by atoms with Crippen molar-refractivity contribution in [3.8, 4) is 0 Å². The van der Waals surface area contributed by atoms with Gasteiger partial charge in [0.05, 0.1) is 72.3 Å². The van der Waals surface area contributed by atoms with Gasteiger partial charge >= 0.3 is 0 Å². The largest absolute Gasteiger partial charge is 0.379 e. The maximum absolute atomic E-state index is 13.2. The number of fused-ring (bicyclic) bond motifs is 2. The zero-order valence-electron chi connectivity index (χ0n) is 21.5. The topological polar surface area (TPSA) is 93.4 Å². The van der Waals surface area contributed by atoms with Crippen LogP contribution in [0.1, 0.15) is 73.1 Å². The lowest BCUT2D eigenvalue weighted by atomic mass is 9.73. The van der Waals surface area contributed by atoms with Gasteiger partial charge in [-0.2, -0.15) is 0 Å². The van der Waals surface area contributed by atoms with Crippen LogP contribution in [0.25, 0.3) is 0 Å². The maximum atomic E-state index is 13.2. The number of likely N-dealkylation sites (tertiary alicyclic amines) is 1. The van der Waals surface area contributed by atoms with Gasteiger partial charge in [-0.25, -0.2) is 0 Å². The van der Waals surface area contributed by atoms with Crippen molar-refractivity contribution in [2.75, 3.05) is 20.3 Å². The first-order valence-electron chi connectivity index (χ1n) is 13.0. The molecule has 4 saturated heterocycles. The molecule has 0 aromatic carbocycles. The van der Waals surface area contributed by atoms with E-state index >= 15 is 0 Å². The minimum Gasteiger partial charge on any atom is -0.379 e. The highest BCUT2D eigenvalue weighted by molar-refractivity contribution is 6.05. The molecule has 2 amide bonds. The van der Waals surface area contributed by atoms with Crippen molar-refractivity contribution < 1.29 is 33.3 Å². The van der Waals surface area contributed by atoms with E-state index in [1.165, 1.54) is 4.90 Å². The molecule has 0 radical (unpaired) electrons. The number of hydrogen-bond acceptors (Lipinski definition) is 7. The summed E-state index contributed by atoms with van der Waals surface area (Å²) in [4.78, 5) is 27.6. The first-order chi connectivity index (χ1) is 16.0. The summed E-state index contributed by atoms with van der Waals surface area (Å²) in [6.45, 7) is 11.0. The number of epoxide rings is 3. The summed E-state index contributed by atoms with van der Waals surface area (Å²) in [6.07, 6.45) is 5.62. The third-order valence-corrected chi connectivity index (χ3v) is 8.98. The summed E-state index contributed by atoms with van der Waals surface area (Å²) >= 11 is 0. The molecule has 192 valence electrons. The number of amides is 2. The summed E-state index contributed by atoms with van der Waals surface area (Å²) in [5, 5.41) is 0. The summed E-state index contributed by atoms with van der Waals surface area (Å²) in [5.74, 6) is -0.629. The fourth-order valence-electron chi connectivity index (χ4n) is 6.23. The van der Waals surface area contributed by atoms with E-state index in [-0.39, 0.29) is 64.9 Å². The number of rotatable bonds is 12. The van der Waals surface area contributed by atoms with Gasteiger partial charge in [0.15, 0.2) is 0 Å². The van der Waals surface area contributed by atoms with E-state index in [2.05, 4.69) is 20.8 Å². The molecule has 9 unspecified atom stereocenters. The molecule has 9 atom stereocenters. The Morgan fingerprint density at radius 3 is 2.32 bits per heavy atom. The molecule has 0 spiro atoms. The fraction of sp³-hybridized carbons (Fsp3) is 0.923. The molecular weight excluding hydrogens is 438 g/mol. The molecule has 1 saturated carbocycles. The highest BCUT2D eigenvalue weighted by Crippen LogP contribution is 2.58. The molecule has 0 aromatic rings. The van der Waals surface area contributed by atoms with Gasteiger partial charge in [0.25, 0.3) is 0 Å². The predicted octanol–water partition coefficient (Wildman–Crippen LogP) is 2.85. The van der Waals surface area contributed by atoms with E-state index in [1.54, 1.807) is 7.11 Å². The van der Waals surface area contributed by atoms with Crippen molar-refractivity contribution in [1.29, 1.82) is 0 Å². The van der Waals surface area contributed by atoms with Gasteiger partial charge in [0, 0.05) is 7.11 Å². The zero-order chi connectivity index (χ0) is 24.5. The van der Waals surface area contributed by atoms with E-state index in [4.69, 9.17) is 23.7 Å². The Labute approximate surface area is 202 Å². The molecular formula is C26H41NO7. The Morgan fingerprint density at radius 2 is 1.65 bits per heavy atom. The van der Waals surface area contributed by atoms with E-state index < -0.39 is 0 Å². The van der Waals surface area contributed by atoms with Gasteiger partial charge < -0.3 is 23.7 Å². The van der Waals surface area contributed by atoms with Crippen molar-refractivity contribution in [2.45, 2.75) is 120 Å². The number of nitrogens with zero attached hydrogens (tertiary/aromatic N) is 1. The minimum absolute atomic E-state index is 0.0229. The van der Waals surface area contributed by atoms with Crippen LogP contribution in [0.3, 0.4) is 0 Å². The monoisotopic (exact) mass is 479 g/mol. The van der Waals surface area contributed by atoms with Crippen molar-refractivity contribution in [3.63, 3.8) is 0 Å². The molecule has 8 nitrogen and oxygen atoms in total. The normalized spacial score (nSPS) is 43.4. The Hall–Kier alpha value is -1.06. The quantitative estimate of drug-likeness (QED) is 0.314. The lowest BCUT2D eigenvalue weighted by Crippen LogP contribution is -2.38. The Balaban J connectivity index is 1.10. The second-order valence-electron chi connectivity index (χ2n) is 12.0. The molecule has 0 bridgehead atoms. The SMILES string of the molecule is COC(C)COC(C)CN1C(=O)C2CC3OC3(CCC3OC3(C)CCC3OC3(C)C)CC2C1=O. The van der Waals surface area contributed by atoms with Gasteiger partial charge in [-0.05, 0) is 73.1 Å². The number of hydrogen-bond donors (Lipinski definition) is 0. The van der Waals surface area contributed by atoms with E-state index in [0.717, 1.165) is 25.7 Å². The molecule has 4 heterocycles. The van der Waals surface area contributed by atoms with E-state index in [1.807, 2.05) is 13.8 Å². The highest BCUT2D eigenvalue weighted by Gasteiger charge is 2.67. The van der Waals surface area contributed by atoms with Gasteiger partial charge in [-0.3, -0.25) is 14.5 Å². The van der Waals surface area contributed by atoms with E-state index in [0.29, 0.717) is 32.1 Å². The molecule has 8 heteroatoms. The van der Waals surface area contributed by atoms with Crippen LogP contribution in [0.4, 0.5) is 0 Å². The summed E-state index contributed by atoms with van der Waals surface area (Å²) in [5.41, 5.74) is -0.289. The Morgan fingerprint density at radius 1 is 0.971 bits per heavy atom. The van der Waals surface area contributed by atoms with Crippen LogP contribution in [0.5, 0.6) is 0 Å². The van der Waals surface area contributed by atoms with Crippen molar-refractivity contribution >= 4 is 11.8 Å². The molecule has 34 heavy (non-hydrogen) atoms. The van der Waals surface area contributed by atoms with Crippen molar-refractivity contribution in [2.24, 2.45) is 11.8 Å². The second kappa shape index (κ2) is 8.51. The third kappa shape index (κ3) is 4.57. The number of imide groups is 1. The number of methoxy groups -OCH3 is 1. The average molecular weight is 480 g/mol. The molecule has 0 N–H and O–H groups in total. The summed E-state index contributed by atoms with van der Waals surface area (Å²) < 4.78 is 28.9. The van der Waals surface area contributed by atoms with Gasteiger partial charge in [0.1, 0.15) is 0 Å². The first kappa shape index (κ1) is 24.6. The average Bonchev–Trinajstić information content (AvgIpc) is 3.73. The lowest BCUT2D eigenvalue weighted by Gasteiger charge is -2.24. The van der Waals surface area contributed by atoms with Crippen LogP contribution >= 0.6 is 0 Å². The number of carbonyl (C=O) groups excluding carboxylic acids is 2.